The lowest BCUT2D eigenvalue weighted by Crippen LogP contribution is -2.35. The molecule has 1 saturated heterocycles. The van der Waals surface area contributed by atoms with Crippen LogP contribution in [0.25, 0.3) is 0 Å². The van der Waals surface area contributed by atoms with Gasteiger partial charge in [0.25, 0.3) is 0 Å². The molecule has 6 nitrogen and oxygen atoms in total. The van der Waals surface area contributed by atoms with E-state index >= 15 is 0 Å². The van der Waals surface area contributed by atoms with E-state index in [4.69, 9.17) is 0 Å². The molecule has 3 rings (SSSR count). The van der Waals surface area contributed by atoms with Crippen LogP contribution in [0.3, 0.4) is 0 Å². The summed E-state index contributed by atoms with van der Waals surface area (Å²) >= 11 is 0.911. The van der Waals surface area contributed by atoms with E-state index in [2.05, 4.69) is 15.4 Å². The summed E-state index contributed by atoms with van der Waals surface area (Å²) in [4.78, 5) is 17.8. The lowest BCUT2D eigenvalue weighted by Gasteiger charge is -2.23. The SMILES string of the molecule is CN(Cc1nc(C(F)(F)F)cs1)C(=O)[C@H]1CNC[C@@H]1c1cnn(C)c1. The number of thiazole rings is 1. The number of carbonyl (C=O) groups excluding carboxylic acids is 1. The quantitative estimate of drug-likeness (QED) is 0.889. The Hall–Kier alpha value is -1.94. The van der Waals surface area contributed by atoms with E-state index in [1.807, 2.05) is 13.2 Å². The molecular weight excluding hydrogens is 355 g/mol. The molecule has 136 valence electrons. The molecule has 0 aliphatic carbocycles. The first-order chi connectivity index (χ1) is 11.8. The molecular formula is C15H18F3N5OS. The van der Waals surface area contributed by atoms with Gasteiger partial charge in [0.2, 0.25) is 5.91 Å². The van der Waals surface area contributed by atoms with E-state index in [0.29, 0.717) is 13.1 Å². The van der Waals surface area contributed by atoms with E-state index in [9.17, 15) is 18.0 Å². The Bertz CT molecular complexity index is 756. The molecule has 0 bridgehead atoms. The zero-order valence-corrected chi connectivity index (χ0v) is 14.6. The summed E-state index contributed by atoms with van der Waals surface area (Å²) in [6.45, 7) is 1.27. The van der Waals surface area contributed by atoms with Crippen LogP contribution in [0.15, 0.2) is 17.8 Å². The molecule has 2 atom stereocenters. The van der Waals surface area contributed by atoms with Gasteiger partial charge in [0.15, 0.2) is 5.69 Å². The van der Waals surface area contributed by atoms with Crippen molar-refractivity contribution in [2.75, 3.05) is 20.1 Å². The van der Waals surface area contributed by atoms with E-state index in [-0.39, 0.29) is 29.3 Å². The van der Waals surface area contributed by atoms with Crippen molar-refractivity contribution < 1.29 is 18.0 Å². The highest BCUT2D eigenvalue weighted by Crippen LogP contribution is 2.31. The molecule has 2 aromatic heterocycles. The van der Waals surface area contributed by atoms with Crippen molar-refractivity contribution in [3.63, 3.8) is 0 Å². The van der Waals surface area contributed by atoms with E-state index in [0.717, 1.165) is 22.3 Å². The number of amides is 1. The van der Waals surface area contributed by atoms with Gasteiger partial charge in [-0.15, -0.1) is 11.3 Å². The summed E-state index contributed by atoms with van der Waals surface area (Å²) in [6.07, 6.45) is -0.832. The third-order valence-electron chi connectivity index (χ3n) is 4.28. The zero-order valence-electron chi connectivity index (χ0n) is 13.7. The maximum absolute atomic E-state index is 12.8. The third kappa shape index (κ3) is 3.84. The highest BCUT2D eigenvalue weighted by Gasteiger charge is 2.37. The molecule has 1 aliphatic rings. The van der Waals surface area contributed by atoms with Crippen LogP contribution < -0.4 is 5.32 Å². The smallest absolute Gasteiger partial charge is 0.339 e. The van der Waals surface area contributed by atoms with Crippen molar-refractivity contribution in [1.29, 1.82) is 0 Å². The number of carbonyl (C=O) groups is 1. The van der Waals surface area contributed by atoms with Crippen LogP contribution in [0.1, 0.15) is 22.2 Å². The van der Waals surface area contributed by atoms with Gasteiger partial charge >= 0.3 is 6.18 Å². The predicted molar refractivity (Wildman–Crippen MR) is 85.9 cm³/mol. The number of hydrogen-bond acceptors (Lipinski definition) is 5. The lowest BCUT2D eigenvalue weighted by molar-refractivity contribution is -0.140. The number of hydrogen-bond donors (Lipinski definition) is 1. The summed E-state index contributed by atoms with van der Waals surface area (Å²) in [5.41, 5.74) is 0.0666. The Morgan fingerprint density at radius 1 is 1.48 bits per heavy atom. The fourth-order valence-electron chi connectivity index (χ4n) is 3.00. The Morgan fingerprint density at radius 2 is 2.24 bits per heavy atom. The van der Waals surface area contributed by atoms with Gasteiger partial charge in [-0.1, -0.05) is 0 Å². The molecule has 1 aliphatic heterocycles. The largest absolute Gasteiger partial charge is 0.434 e. The summed E-state index contributed by atoms with van der Waals surface area (Å²) < 4.78 is 39.6. The number of alkyl halides is 3. The number of halogens is 3. The Morgan fingerprint density at radius 3 is 2.84 bits per heavy atom. The fourth-order valence-corrected chi connectivity index (χ4v) is 3.85. The number of aryl methyl sites for hydroxylation is 1. The average molecular weight is 373 g/mol. The van der Waals surface area contributed by atoms with Crippen LogP contribution in [0.2, 0.25) is 0 Å². The maximum atomic E-state index is 12.8. The Balaban J connectivity index is 1.68. The van der Waals surface area contributed by atoms with Crippen molar-refractivity contribution in [2.45, 2.75) is 18.6 Å². The van der Waals surface area contributed by atoms with Gasteiger partial charge in [0, 0.05) is 44.7 Å². The van der Waals surface area contributed by atoms with Gasteiger partial charge in [0.05, 0.1) is 18.7 Å². The summed E-state index contributed by atoms with van der Waals surface area (Å²) in [5, 5.41) is 8.60. The summed E-state index contributed by atoms with van der Waals surface area (Å²) in [6, 6.07) is 0. The minimum absolute atomic E-state index is 0.00526. The van der Waals surface area contributed by atoms with Crippen molar-refractivity contribution >= 4 is 17.2 Å². The van der Waals surface area contributed by atoms with Crippen LogP contribution in [-0.4, -0.2) is 45.7 Å². The number of aromatic nitrogens is 3. The van der Waals surface area contributed by atoms with Crippen LogP contribution in [0, 0.1) is 5.92 Å². The minimum atomic E-state index is -4.46. The first kappa shape index (κ1) is 17.9. The fraction of sp³-hybridized carbons (Fsp3) is 0.533. The molecule has 0 radical (unpaired) electrons. The molecule has 0 spiro atoms. The second-order valence-electron chi connectivity index (χ2n) is 6.14. The topological polar surface area (TPSA) is 63.1 Å². The molecule has 3 heterocycles. The van der Waals surface area contributed by atoms with Gasteiger partial charge in [-0.3, -0.25) is 9.48 Å². The summed E-state index contributed by atoms with van der Waals surface area (Å²) in [5.74, 6) is -0.371. The van der Waals surface area contributed by atoms with Crippen molar-refractivity contribution in [1.82, 2.24) is 25.0 Å². The molecule has 1 fully saturated rings. The second-order valence-corrected chi connectivity index (χ2v) is 7.08. The highest BCUT2D eigenvalue weighted by molar-refractivity contribution is 7.09. The van der Waals surface area contributed by atoms with Crippen molar-refractivity contribution in [3.8, 4) is 0 Å². The molecule has 1 N–H and O–H groups in total. The standard InChI is InChI=1S/C15H18F3N5OS/c1-22(7-13-21-12(8-25-13)15(16,17)18)14(24)11-5-19-4-10(11)9-3-20-23(2)6-9/h3,6,8,10-11,19H,4-5,7H2,1-2H3/t10-,11+/m1/s1. The second kappa shape index (κ2) is 6.75. The van der Waals surface area contributed by atoms with Crippen LogP contribution >= 0.6 is 11.3 Å². The third-order valence-corrected chi connectivity index (χ3v) is 5.11. The van der Waals surface area contributed by atoms with Crippen molar-refractivity contribution in [2.24, 2.45) is 13.0 Å². The normalized spacial score (nSPS) is 20.8. The van der Waals surface area contributed by atoms with Crippen LogP contribution in [-0.2, 0) is 24.6 Å². The average Bonchev–Trinajstić information content (AvgIpc) is 3.24. The van der Waals surface area contributed by atoms with E-state index in [1.54, 1.807) is 17.9 Å². The predicted octanol–water partition coefficient (Wildman–Crippen LogP) is 1.86. The van der Waals surface area contributed by atoms with E-state index in [1.165, 1.54) is 4.90 Å². The van der Waals surface area contributed by atoms with E-state index < -0.39 is 11.9 Å². The molecule has 0 unspecified atom stereocenters. The first-order valence-corrected chi connectivity index (χ1v) is 8.59. The minimum Gasteiger partial charge on any atom is -0.339 e. The molecule has 0 aromatic carbocycles. The van der Waals surface area contributed by atoms with Gasteiger partial charge in [0.1, 0.15) is 5.01 Å². The Labute approximate surface area is 146 Å². The zero-order chi connectivity index (χ0) is 18.2. The number of nitrogens with zero attached hydrogens (tertiary/aromatic N) is 4. The van der Waals surface area contributed by atoms with Crippen LogP contribution in [0.4, 0.5) is 13.2 Å². The number of nitrogens with one attached hydrogen (secondary N) is 1. The molecule has 0 saturated carbocycles. The van der Waals surface area contributed by atoms with Gasteiger partial charge in [-0.2, -0.15) is 18.3 Å². The molecule has 25 heavy (non-hydrogen) atoms. The molecule has 2 aromatic rings. The monoisotopic (exact) mass is 373 g/mol. The Kier molecular flexibility index (Phi) is 4.83. The lowest BCUT2D eigenvalue weighted by atomic mass is 9.90. The van der Waals surface area contributed by atoms with Gasteiger partial charge in [-0.25, -0.2) is 4.98 Å². The summed E-state index contributed by atoms with van der Waals surface area (Å²) in [7, 11) is 3.41. The van der Waals surface area contributed by atoms with Crippen LogP contribution in [0.5, 0.6) is 0 Å². The molecule has 10 heteroatoms. The van der Waals surface area contributed by atoms with Gasteiger partial charge < -0.3 is 10.2 Å². The number of rotatable bonds is 4. The van der Waals surface area contributed by atoms with Crippen molar-refractivity contribution in [3.05, 3.63) is 34.0 Å². The highest BCUT2D eigenvalue weighted by atomic mass is 32.1. The van der Waals surface area contributed by atoms with Gasteiger partial charge in [-0.05, 0) is 5.56 Å². The first-order valence-electron chi connectivity index (χ1n) is 7.71. The maximum Gasteiger partial charge on any atom is 0.434 e. The molecule has 1 amide bonds.